The van der Waals surface area contributed by atoms with Crippen LogP contribution in [0, 0.1) is 5.92 Å². The van der Waals surface area contributed by atoms with Crippen LogP contribution in [0.25, 0.3) is 0 Å². The fourth-order valence-corrected chi connectivity index (χ4v) is 2.71. The van der Waals surface area contributed by atoms with Crippen LogP contribution in [0.2, 0.25) is 0 Å². The minimum atomic E-state index is -0.865. The lowest BCUT2D eigenvalue weighted by molar-refractivity contribution is -0.138. The molecule has 21 heavy (non-hydrogen) atoms. The lowest BCUT2D eigenvalue weighted by atomic mass is 9.93. The van der Waals surface area contributed by atoms with E-state index < -0.39 is 12.1 Å². The van der Waals surface area contributed by atoms with Gasteiger partial charge in [-0.2, -0.15) is 0 Å². The summed E-state index contributed by atoms with van der Waals surface area (Å²) in [5.74, 6) is -1.09. The number of aliphatic carboxylic acids is 1. The highest BCUT2D eigenvalue weighted by Crippen LogP contribution is 2.26. The molecule has 0 saturated carbocycles. The van der Waals surface area contributed by atoms with E-state index in [0.717, 1.165) is 18.4 Å². The van der Waals surface area contributed by atoms with Crippen LogP contribution in [-0.2, 0) is 11.2 Å². The summed E-state index contributed by atoms with van der Waals surface area (Å²) in [5, 5.41) is 21.8. The number of hydrogen-bond donors (Lipinski definition) is 3. The highest BCUT2D eigenvalue weighted by Gasteiger charge is 2.19. The van der Waals surface area contributed by atoms with E-state index >= 15 is 0 Å². The van der Waals surface area contributed by atoms with Crippen LogP contribution in [-0.4, -0.2) is 28.6 Å². The smallest absolute Gasteiger partial charge is 0.303 e. The highest BCUT2D eigenvalue weighted by atomic mass is 16.4. The van der Waals surface area contributed by atoms with Gasteiger partial charge in [-0.05, 0) is 42.4 Å². The SMILES string of the molecule is CC(CC(=O)O)CC(O)c1ccc2c(c1)C(=O)NCCC2. The number of carbonyl (C=O) groups excluding carboxylic acids is 1. The zero-order valence-electron chi connectivity index (χ0n) is 12.1. The molecule has 0 aromatic heterocycles. The lowest BCUT2D eigenvalue weighted by Gasteiger charge is -2.17. The van der Waals surface area contributed by atoms with Crippen molar-refractivity contribution in [2.24, 2.45) is 5.92 Å². The molecule has 1 amide bonds. The van der Waals surface area contributed by atoms with Crippen LogP contribution in [0.3, 0.4) is 0 Å². The van der Waals surface area contributed by atoms with E-state index in [1.807, 2.05) is 12.1 Å². The maximum Gasteiger partial charge on any atom is 0.303 e. The molecular weight excluding hydrogens is 270 g/mol. The Balaban J connectivity index is 2.13. The van der Waals surface area contributed by atoms with Gasteiger partial charge in [0.05, 0.1) is 6.10 Å². The Morgan fingerprint density at radius 2 is 2.19 bits per heavy atom. The van der Waals surface area contributed by atoms with Gasteiger partial charge in [0.1, 0.15) is 0 Å². The van der Waals surface area contributed by atoms with E-state index in [2.05, 4.69) is 5.32 Å². The summed E-state index contributed by atoms with van der Waals surface area (Å²) in [6.45, 7) is 2.47. The molecule has 1 aromatic carbocycles. The third-order valence-corrected chi connectivity index (χ3v) is 3.82. The molecular formula is C16H21NO4. The van der Waals surface area contributed by atoms with Crippen LogP contribution in [0.4, 0.5) is 0 Å². The van der Waals surface area contributed by atoms with Crippen LogP contribution < -0.4 is 5.32 Å². The molecule has 1 heterocycles. The molecule has 0 spiro atoms. The lowest BCUT2D eigenvalue weighted by Crippen LogP contribution is -2.22. The van der Waals surface area contributed by atoms with Crippen molar-refractivity contribution in [3.05, 3.63) is 34.9 Å². The van der Waals surface area contributed by atoms with Crippen molar-refractivity contribution < 1.29 is 19.8 Å². The zero-order chi connectivity index (χ0) is 15.4. The van der Waals surface area contributed by atoms with Gasteiger partial charge in [0.15, 0.2) is 0 Å². The predicted octanol–water partition coefficient (Wildman–Crippen LogP) is 1.90. The number of rotatable bonds is 5. The number of amides is 1. The van der Waals surface area contributed by atoms with Gasteiger partial charge in [-0.1, -0.05) is 19.1 Å². The van der Waals surface area contributed by atoms with Crippen molar-refractivity contribution in [3.63, 3.8) is 0 Å². The Kier molecular flexibility index (Phi) is 4.96. The van der Waals surface area contributed by atoms with Crippen molar-refractivity contribution in [3.8, 4) is 0 Å². The molecule has 0 aliphatic carbocycles. The third-order valence-electron chi connectivity index (χ3n) is 3.82. The first-order valence-electron chi connectivity index (χ1n) is 7.28. The van der Waals surface area contributed by atoms with E-state index in [-0.39, 0.29) is 18.2 Å². The zero-order valence-corrected chi connectivity index (χ0v) is 12.1. The van der Waals surface area contributed by atoms with E-state index in [0.29, 0.717) is 24.1 Å². The summed E-state index contributed by atoms with van der Waals surface area (Å²) in [4.78, 5) is 22.6. The number of carboxylic acid groups (broad SMARTS) is 1. The molecule has 1 aliphatic heterocycles. The van der Waals surface area contributed by atoms with Crippen molar-refractivity contribution in [1.82, 2.24) is 5.32 Å². The van der Waals surface area contributed by atoms with E-state index in [1.54, 1.807) is 13.0 Å². The molecule has 1 aliphatic rings. The van der Waals surface area contributed by atoms with Crippen LogP contribution in [0.5, 0.6) is 0 Å². The number of hydrogen-bond acceptors (Lipinski definition) is 3. The minimum Gasteiger partial charge on any atom is -0.481 e. The Hall–Kier alpha value is -1.88. The fraction of sp³-hybridized carbons (Fsp3) is 0.500. The minimum absolute atomic E-state index is 0.0302. The van der Waals surface area contributed by atoms with Gasteiger partial charge in [-0.3, -0.25) is 9.59 Å². The number of aliphatic hydroxyl groups is 1. The Morgan fingerprint density at radius 1 is 1.43 bits per heavy atom. The van der Waals surface area contributed by atoms with Crippen molar-refractivity contribution in [2.75, 3.05) is 6.54 Å². The second-order valence-corrected chi connectivity index (χ2v) is 5.73. The molecule has 114 valence electrons. The van der Waals surface area contributed by atoms with Gasteiger partial charge in [-0.25, -0.2) is 0 Å². The molecule has 0 saturated heterocycles. The molecule has 0 fully saturated rings. The second-order valence-electron chi connectivity index (χ2n) is 5.73. The summed E-state index contributed by atoms with van der Waals surface area (Å²) in [5.41, 5.74) is 2.29. The second kappa shape index (κ2) is 6.72. The summed E-state index contributed by atoms with van der Waals surface area (Å²) >= 11 is 0. The van der Waals surface area contributed by atoms with Gasteiger partial charge >= 0.3 is 5.97 Å². The van der Waals surface area contributed by atoms with E-state index in [4.69, 9.17) is 5.11 Å². The van der Waals surface area contributed by atoms with E-state index in [1.165, 1.54) is 0 Å². The standard InChI is InChI=1S/C16H21NO4/c1-10(8-15(19)20)7-14(18)12-5-4-11-3-2-6-17-16(21)13(11)9-12/h4-5,9-10,14,18H,2-3,6-8H2,1H3,(H,17,21)(H,19,20). The number of carbonyl (C=O) groups is 2. The topological polar surface area (TPSA) is 86.6 Å². The Morgan fingerprint density at radius 3 is 2.90 bits per heavy atom. The van der Waals surface area contributed by atoms with Crippen LogP contribution in [0.1, 0.15) is 53.8 Å². The molecule has 2 atom stereocenters. The number of aliphatic hydroxyl groups excluding tert-OH is 1. The quantitative estimate of drug-likeness (QED) is 0.773. The summed E-state index contributed by atoms with van der Waals surface area (Å²) in [7, 11) is 0. The number of benzene rings is 1. The monoisotopic (exact) mass is 291 g/mol. The fourth-order valence-electron chi connectivity index (χ4n) is 2.71. The summed E-state index contributed by atoms with van der Waals surface area (Å²) in [6.07, 6.45) is 1.41. The first kappa shape index (κ1) is 15.5. The van der Waals surface area contributed by atoms with Gasteiger partial charge < -0.3 is 15.5 Å². The summed E-state index contributed by atoms with van der Waals surface area (Å²) < 4.78 is 0. The molecule has 0 radical (unpaired) electrons. The van der Waals surface area contributed by atoms with Gasteiger partial charge in [-0.15, -0.1) is 0 Å². The molecule has 5 heteroatoms. The first-order valence-corrected chi connectivity index (χ1v) is 7.28. The number of fused-ring (bicyclic) bond motifs is 1. The van der Waals surface area contributed by atoms with Crippen LogP contribution in [0.15, 0.2) is 18.2 Å². The molecule has 2 unspecified atom stereocenters. The van der Waals surface area contributed by atoms with Gasteiger partial charge in [0.25, 0.3) is 5.91 Å². The highest BCUT2D eigenvalue weighted by molar-refractivity contribution is 5.96. The average Bonchev–Trinajstić information content (AvgIpc) is 2.59. The van der Waals surface area contributed by atoms with Crippen molar-refractivity contribution in [1.29, 1.82) is 0 Å². The third kappa shape index (κ3) is 4.04. The summed E-state index contributed by atoms with van der Waals surface area (Å²) in [6, 6.07) is 5.45. The van der Waals surface area contributed by atoms with Crippen molar-refractivity contribution >= 4 is 11.9 Å². The van der Waals surface area contributed by atoms with Crippen LogP contribution >= 0.6 is 0 Å². The molecule has 2 rings (SSSR count). The first-order chi connectivity index (χ1) is 9.97. The Bertz CT molecular complexity index is 541. The van der Waals surface area contributed by atoms with Gasteiger partial charge in [0.2, 0.25) is 0 Å². The molecule has 0 bridgehead atoms. The van der Waals surface area contributed by atoms with E-state index in [9.17, 15) is 14.7 Å². The number of nitrogens with one attached hydrogen (secondary N) is 1. The molecule has 1 aromatic rings. The predicted molar refractivity (Wildman–Crippen MR) is 78.1 cm³/mol. The van der Waals surface area contributed by atoms with Crippen molar-refractivity contribution in [2.45, 2.75) is 38.7 Å². The Labute approximate surface area is 124 Å². The maximum atomic E-state index is 12.0. The maximum absolute atomic E-state index is 12.0. The normalized spacial score (nSPS) is 17.3. The molecule has 5 nitrogen and oxygen atoms in total. The largest absolute Gasteiger partial charge is 0.481 e. The number of carboxylic acids is 1. The van der Waals surface area contributed by atoms with Gasteiger partial charge in [0, 0.05) is 18.5 Å². The number of aryl methyl sites for hydroxylation is 1. The average molecular weight is 291 g/mol. The molecule has 3 N–H and O–H groups in total.